The topological polar surface area (TPSA) is 102 Å². The summed E-state index contributed by atoms with van der Waals surface area (Å²) >= 11 is 0. The molecular weight excluding hydrogens is 242 g/mol. The van der Waals surface area contributed by atoms with E-state index in [0.29, 0.717) is 5.57 Å². The summed E-state index contributed by atoms with van der Waals surface area (Å²) in [5.74, 6) is 0.276. The first-order chi connectivity index (χ1) is 9.36. The van der Waals surface area contributed by atoms with Gasteiger partial charge in [-0.1, -0.05) is 0 Å². The number of rotatable bonds is 3. The van der Waals surface area contributed by atoms with E-state index in [2.05, 4.69) is 37.3 Å². The molecule has 7 nitrogen and oxygen atoms in total. The van der Waals surface area contributed by atoms with Crippen LogP contribution in [0.5, 0.6) is 0 Å². The van der Waals surface area contributed by atoms with Crippen molar-refractivity contribution in [2.75, 3.05) is 17.2 Å². The van der Waals surface area contributed by atoms with Crippen molar-refractivity contribution in [3.8, 4) is 6.07 Å². The first kappa shape index (κ1) is 11.2. The summed E-state index contributed by atoms with van der Waals surface area (Å²) in [6, 6.07) is 8.08. The quantitative estimate of drug-likeness (QED) is 0.709. The number of nitrogens with one attached hydrogen (secondary N) is 3. The fourth-order valence-corrected chi connectivity index (χ4v) is 1.97. The fraction of sp³-hybridized carbons (Fsp3) is 0.167. The van der Waals surface area contributed by atoms with Gasteiger partial charge in [0.25, 0.3) is 0 Å². The van der Waals surface area contributed by atoms with Gasteiger partial charge in [-0.3, -0.25) is 0 Å². The summed E-state index contributed by atoms with van der Waals surface area (Å²) in [4.78, 5) is 0. The van der Waals surface area contributed by atoms with E-state index in [4.69, 9.17) is 5.26 Å². The predicted octanol–water partition coefficient (Wildman–Crippen LogP) is 1.14. The minimum Gasteiger partial charge on any atom is -0.384 e. The van der Waals surface area contributed by atoms with Crippen molar-refractivity contribution in [1.29, 1.82) is 5.26 Å². The highest BCUT2D eigenvalue weighted by molar-refractivity contribution is 5.74. The van der Waals surface area contributed by atoms with Gasteiger partial charge in [0.05, 0.1) is 0 Å². The molecule has 1 aliphatic heterocycles. The highest BCUT2D eigenvalue weighted by Crippen LogP contribution is 2.25. The lowest BCUT2D eigenvalue weighted by atomic mass is 10.1. The van der Waals surface area contributed by atoms with E-state index >= 15 is 0 Å². The Balaban J connectivity index is 1.80. The molecular formula is C12H11N7. The summed E-state index contributed by atoms with van der Waals surface area (Å²) in [5, 5.41) is 28.7. The number of allylic oxidation sites excluding steroid dienone is 1. The standard InChI is InChI=1S/C12H11N7/c13-6-9(12-16-18-19-17-12)7-15-10-1-2-11-8(5-10)3-4-14-11/h1-2,5,7,14-15H,3-4H2,(H,16,17,18,19). The molecule has 0 saturated carbocycles. The van der Waals surface area contributed by atoms with Gasteiger partial charge in [0, 0.05) is 24.1 Å². The van der Waals surface area contributed by atoms with Crippen molar-refractivity contribution in [2.24, 2.45) is 0 Å². The minimum atomic E-state index is 0.276. The number of aromatic nitrogens is 4. The van der Waals surface area contributed by atoms with Gasteiger partial charge in [-0.05, 0) is 35.4 Å². The Kier molecular flexibility index (Phi) is 2.82. The number of benzene rings is 1. The Morgan fingerprint density at radius 3 is 3.21 bits per heavy atom. The fourth-order valence-electron chi connectivity index (χ4n) is 1.97. The zero-order valence-corrected chi connectivity index (χ0v) is 10.0. The van der Waals surface area contributed by atoms with E-state index in [1.165, 1.54) is 11.3 Å². The Labute approximate surface area is 109 Å². The van der Waals surface area contributed by atoms with Crippen LogP contribution in [0.3, 0.4) is 0 Å². The first-order valence-electron chi connectivity index (χ1n) is 5.84. The van der Waals surface area contributed by atoms with Crippen LogP contribution in [0.15, 0.2) is 24.4 Å². The summed E-state index contributed by atoms with van der Waals surface area (Å²) in [5.41, 5.74) is 3.70. The van der Waals surface area contributed by atoms with Crippen LogP contribution >= 0.6 is 0 Å². The second-order valence-corrected chi connectivity index (χ2v) is 4.10. The number of anilines is 2. The van der Waals surface area contributed by atoms with Gasteiger partial charge in [-0.2, -0.15) is 10.5 Å². The molecule has 1 aromatic heterocycles. The third kappa shape index (κ3) is 2.24. The molecule has 2 aromatic rings. The van der Waals surface area contributed by atoms with Crippen LogP contribution in [0.2, 0.25) is 0 Å². The van der Waals surface area contributed by atoms with Crippen molar-refractivity contribution in [2.45, 2.75) is 6.42 Å². The molecule has 3 rings (SSSR count). The van der Waals surface area contributed by atoms with Crippen molar-refractivity contribution in [3.05, 3.63) is 35.8 Å². The van der Waals surface area contributed by atoms with Gasteiger partial charge in [0.1, 0.15) is 11.6 Å². The largest absolute Gasteiger partial charge is 0.384 e. The molecule has 94 valence electrons. The second kappa shape index (κ2) is 4.78. The van der Waals surface area contributed by atoms with Gasteiger partial charge in [-0.25, -0.2) is 0 Å². The molecule has 2 heterocycles. The summed E-state index contributed by atoms with van der Waals surface area (Å²) in [6.07, 6.45) is 2.60. The molecule has 0 amide bonds. The average molecular weight is 253 g/mol. The molecule has 0 atom stereocenters. The molecule has 1 aliphatic rings. The number of H-pyrrole nitrogens is 1. The van der Waals surface area contributed by atoms with E-state index in [1.807, 2.05) is 18.2 Å². The number of fused-ring (bicyclic) bond motifs is 1. The SMILES string of the molecule is N#CC(=CNc1ccc2c(c1)CCN2)c1nn[nH]n1. The van der Waals surface area contributed by atoms with Crippen LogP contribution in [-0.2, 0) is 6.42 Å². The van der Waals surface area contributed by atoms with Gasteiger partial charge < -0.3 is 10.6 Å². The van der Waals surface area contributed by atoms with Gasteiger partial charge in [0.15, 0.2) is 0 Å². The minimum absolute atomic E-state index is 0.276. The van der Waals surface area contributed by atoms with Gasteiger partial charge in [0.2, 0.25) is 5.82 Å². The van der Waals surface area contributed by atoms with Crippen LogP contribution in [0, 0.1) is 11.3 Å². The Morgan fingerprint density at radius 1 is 1.47 bits per heavy atom. The average Bonchev–Trinajstić information content (AvgIpc) is 3.10. The van der Waals surface area contributed by atoms with Crippen molar-refractivity contribution in [1.82, 2.24) is 20.6 Å². The van der Waals surface area contributed by atoms with E-state index < -0.39 is 0 Å². The smallest absolute Gasteiger partial charge is 0.216 e. The maximum absolute atomic E-state index is 9.04. The van der Waals surface area contributed by atoms with Gasteiger partial charge >= 0.3 is 0 Å². The van der Waals surface area contributed by atoms with Crippen LogP contribution < -0.4 is 10.6 Å². The Hall–Kier alpha value is -2.88. The van der Waals surface area contributed by atoms with E-state index in [9.17, 15) is 0 Å². The molecule has 0 saturated heterocycles. The highest BCUT2D eigenvalue weighted by atomic mass is 15.5. The molecule has 0 unspecified atom stereocenters. The lowest BCUT2D eigenvalue weighted by Crippen LogP contribution is -1.93. The van der Waals surface area contributed by atoms with Crippen LogP contribution in [-0.4, -0.2) is 27.2 Å². The molecule has 3 N–H and O–H groups in total. The third-order valence-corrected chi connectivity index (χ3v) is 2.90. The number of hydrogen-bond donors (Lipinski definition) is 3. The number of nitriles is 1. The van der Waals surface area contributed by atoms with Crippen molar-refractivity contribution in [3.63, 3.8) is 0 Å². The Morgan fingerprint density at radius 2 is 2.42 bits per heavy atom. The first-order valence-corrected chi connectivity index (χ1v) is 5.84. The summed E-state index contributed by atoms with van der Waals surface area (Å²) < 4.78 is 0. The summed E-state index contributed by atoms with van der Waals surface area (Å²) in [7, 11) is 0. The van der Waals surface area contributed by atoms with Crippen LogP contribution in [0.1, 0.15) is 11.4 Å². The lowest BCUT2D eigenvalue weighted by Gasteiger charge is -2.04. The maximum Gasteiger partial charge on any atom is 0.216 e. The normalized spacial score (nSPS) is 13.5. The second-order valence-electron chi connectivity index (χ2n) is 4.10. The number of aromatic amines is 1. The molecule has 7 heteroatoms. The van der Waals surface area contributed by atoms with Crippen LogP contribution in [0.25, 0.3) is 5.57 Å². The molecule has 0 spiro atoms. The maximum atomic E-state index is 9.04. The van der Waals surface area contributed by atoms with Crippen LogP contribution in [0.4, 0.5) is 11.4 Å². The lowest BCUT2D eigenvalue weighted by molar-refractivity contribution is 0.881. The van der Waals surface area contributed by atoms with Crippen molar-refractivity contribution < 1.29 is 0 Å². The zero-order valence-electron chi connectivity index (χ0n) is 10.0. The predicted molar refractivity (Wildman–Crippen MR) is 70.0 cm³/mol. The van der Waals surface area contributed by atoms with Gasteiger partial charge in [-0.15, -0.1) is 10.2 Å². The monoisotopic (exact) mass is 253 g/mol. The van der Waals surface area contributed by atoms with E-state index in [0.717, 1.165) is 18.7 Å². The van der Waals surface area contributed by atoms with E-state index in [-0.39, 0.29) is 5.82 Å². The number of tetrazole rings is 1. The number of hydrogen-bond acceptors (Lipinski definition) is 6. The zero-order chi connectivity index (χ0) is 13.1. The molecule has 0 radical (unpaired) electrons. The molecule has 0 bridgehead atoms. The molecule has 0 fully saturated rings. The van der Waals surface area contributed by atoms with E-state index in [1.54, 1.807) is 6.20 Å². The third-order valence-electron chi connectivity index (χ3n) is 2.90. The Bertz CT molecular complexity index is 651. The molecule has 0 aliphatic carbocycles. The van der Waals surface area contributed by atoms with Crippen molar-refractivity contribution >= 4 is 16.9 Å². The number of nitrogens with zero attached hydrogens (tertiary/aromatic N) is 4. The molecule has 1 aromatic carbocycles. The summed E-state index contributed by atoms with van der Waals surface area (Å²) in [6.45, 7) is 0.973. The highest BCUT2D eigenvalue weighted by Gasteiger charge is 2.10. The molecule has 19 heavy (non-hydrogen) atoms.